The van der Waals surface area contributed by atoms with E-state index in [-0.39, 0.29) is 18.0 Å². The number of nitrogens with zero attached hydrogens (tertiary/aromatic N) is 2. The maximum atomic E-state index is 13.5. The Morgan fingerprint density at radius 2 is 1.55 bits per heavy atom. The molecule has 0 fully saturated rings. The van der Waals surface area contributed by atoms with E-state index in [9.17, 15) is 4.79 Å². The van der Waals surface area contributed by atoms with E-state index in [1.807, 2.05) is 85.5 Å². The zero-order chi connectivity index (χ0) is 21.8. The minimum absolute atomic E-state index is 0.000710. The summed E-state index contributed by atoms with van der Waals surface area (Å²) in [5, 5.41) is 5.63. The van der Waals surface area contributed by atoms with E-state index in [2.05, 4.69) is 35.4 Å². The molecule has 0 saturated heterocycles. The summed E-state index contributed by atoms with van der Waals surface area (Å²) >= 11 is 0. The number of carbonyl (C=O) groups is 1. The Labute approximate surface area is 183 Å². The number of nitrogens with one attached hydrogen (secondary N) is 1. The normalized spacial score (nSPS) is 12.0. The average molecular weight is 410 g/mol. The standard InChI is InChI=1S/C27H27N3O/c1-19(2)30(27(31)24-14-13-22-11-7-8-12-23(22)17-24)25-15-16-28-26(18-25)29-20(3)21-9-5-4-6-10-21/h4-20H,1-3H3,(H,28,29)/t20-/m1/s1. The highest BCUT2D eigenvalue weighted by atomic mass is 16.2. The molecular formula is C27H27N3O. The number of pyridine rings is 1. The maximum absolute atomic E-state index is 13.5. The van der Waals surface area contributed by atoms with Crippen LogP contribution in [0.5, 0.6) is 0 Å². The van der Waals surface area contributed by atoms with Gasteiger partial charge in [-0.05, 0) is 55.3 Å². The van der Waals surface area contributed by atoms with Crippen molar-refractivity contribution in [3.05, 3.63) is 102 Å². The Kier molecular flexibility index (Phi) is 5.99. The molecule has 3 aromatic carbocycles. The van der Waals surface area contributed by atoms with Gasteiger partial charge in [-0.15, -0.1) is 0 Å². The third kappa shape index (κ3) is 4.58. The number of hydrogen-bond donors (Lipinski definition) is 1. The quantitative estimate of drug-likeness (QED) is 0.397. The Bertz CT molecular complexity index is 1190. The second-order valence-corrected chi connectivity index (χ2v) is 8.01. The van der Waals surface area contributed by atoms with Gasteiger partial charge in [0.2, 0.25) is 0 Å². The van der Waals surface area contributed by atoms with Gasteiger partial charge in [0.05, 0.1) is 0 Å². The van der Waals surface area contributed by atoms with Crippen LogP contribution in [0.15, 0.2) is 91.1 Å². The summed E-state index contributed by atoms with van der Waals surface area (Å²) in [6.07, 6.45) is 1.75. The molecule has 1 heterocycles. The van der Waals surface area contributed by atoms with Crippen LogP contribution in [0.25, 0.3) is 10.8 Å². The van der Waals surface area contributed by atoms with Crippen LogP contribution < -0.4 is 10.2 Å². The lowest BCUT2D eigenvalue weighted by atomic mass is 10.1. The molecule has 0 radical (unpaired) electrons. The lowest BCUT2D eigenvalue weighted by Crippen LogP contribution is -2.37. The summed E-state index contributed by atoms with van der Waals surface area (Å²) in [5.41, 5.74) is 2.69. The van der Waals surface area contributed by atoms with Gasteiger partial charge in [0.15, 0.2) is 0 Å². The SMILES string of the molecule is CC(C)N(C(=O)c1ccc2ccccc2c1)c1ccnc(N[C@H](C)c2ccccc2)c1. The summed E-state index contributed by atoms with van der Waals surface area (Å²) in [7, 11) is 0. The van der Waals surface area contributed by atoms with E-state index in [1.54, 1.807) is 6.20 Å². The number of anilines is 2. The Morgan fingerprint density at radius 1 is 0.839 bits per heavy atom. The molecule has 31 heavy (non-hydrogen) atoms. The monoisotopic (exact) mass is 409 g/mol. The predicted molar refractivity (Wildman–Crippen MR) is 129 cm³/mol. The van der Waals surface area contributed by atoms with E-state index < -0.39 is 0 Å². The lowest BCUT2D eigenvalue weighted by Gasteiger charge is -2.27. The molecule has 1 aromatic heterocycles. The van der Waals surface area contributed by atoms with E-state index in [0.29, 0.717) is 5.56 Å². The van der Waals surface area contributed by atoms with Gasteiger partial charge < -0.3 is 10.2 Å². The minimum atomic E-state index is -0.0194. The van der Waals surface area contributed by atoms with Crippen molar-refractivity contribution < 1.29 is 4.79 Å². The second kappa shape index (κ2) is 9.00. The van der Waals surface area contributed by atoms with Gasteiger partial charge in [-0.3, -0.25) is 4.79 Å². The molecule has 0 aliphatic carbocycles. The lowest BCUT2D eigenvalue weighted by molar-refractivity contribution is 0.0980. The average Bonchev–Trinajstić information content (AvgIpc) is 2.79. The highest BCUT2D eigenvalue weighted by Gasteiger charge is 2.21. The zero-order valence-corrected chi connectivity index (χ0v) is 18.1. The van der Waals surface area contributed by atoms with Crippen LogP contribution in [0, 0.1) is 0 Å². The number of benzene rings is 3. The van der Waals surface area contributed by atoms with Crippen molar-refractivity contribution >= 4 is 28.2 Å². The van der Waals surface area contributed by atoms with Crippen molar-refractivity contribution in [3.8, 4) is 0 Å². The highest BCUT2D eigenvalue weighted by Crippen LogP contribution is 2.26. The number of amides is 1. The zero-order valence-electron chi connectivity index (χ0n) is 18.1. The molecule has 156 valence electrons. The second-order valence-electron chi connectivity index (χ2n) is 8.01. The molecule has 0 spiro atoms. The first kappa shape index (κ1) is 20.6. The number of fused-ring (bicyclic) bond motifs is 1. The Balaban J connectivity index is 1.62. The van der Waals surface area contributed by atoms with Crippen LogP contribution in [0.3, 0.4) is 0 Å². The Hall–Kier alpha value is -3.66. The van der Waals surface area contributed by atoms with Crippen LogP contribution in [-0.2, 0) is 0 Å². The molecule has 1 amide bonds. The summed E-state index contributed by atoms with van der Waals surface area (Å²) in [5.74, 6) is 0.722. The number of hydrogen-bond acceptors (Lipinski definition) is 3. The Morgan fingerprint density at radius 3 is 2.29 bits per heavy atom. The molecule has 0 aliphatic heterocycles. The van der Waals surface area contributed by atoms with Gasteiger partial charge in [-0.2, -0.15) is 0 Å². The highest BCUT2D eigenvalue weighted by molar-refractivity contribution is 6.08. The molecule has 4 heteroatoms. The topological polar surface area (TPSA) is 45.2 Å². The molecular weight excluding hydrogens is 382 g/mol. The van der Waals surface area contributed by atoms with E-state index in [0.717, 1.165) is 22.3 Å². The fourth-order valence-corrected chi connectivity index (χ4v) is 3.81. The van der Waals surface area contributed by atoms with E-state index >= 15 is 0 Å². The van der Waals surface area contributed by atoms with Crippen molar-refractivity contribution in [2.45, 2.75) is 32.9 Å². The summed E-state index contributed by atoms with van der Waals surface area (Å²) in [6, 6.07) is 28.1. The van der Waals surface area contributed by atoms with Crippen molar-refractivity contribution in [2.75, 3.05) is 10.2 Å². The molecule has 0 bridgehead atoms. The first-order chi connectivity index (χ1) is 15.0. The van der Waals surface area contributed by atoms with Gasteiger partial charge in [-0.1, -0.05) is 60.7 Å². The van der Waals surface area contributed by atoms with Gasteiger partial charge in [-0.25, -0.2) is 4.98 Å². The predicted octanol–water partition coefficient (Wildman–Crippen LogP) is 6.46. The number of carbonyl (C=O) groups excluding carboxylic acids is 1. The first-order valence-electron chi connectivity index (χ1n) is 10.6. The van der Waals surface area contributed by atoms with E-state index in [4.69, 9.17) is 0 Å². The van der Waals surface area contributed by atoms with Gasteiger partial charge >= 0.3 is 0 Å². The molecule has 1 N–H and O–H groups in total. The third-order valence-electron chi connectivity index (χ3n) is 5.42. The number of rotatable bonds is 6. The van der Waals surface area contributed by atoms with Gasteiger partial charge in [0.1, 0.15) is 5.82 Å². The smallest absolute Gasteiger partial charge is 0.258 e. The van der Waals surface area contributed by atoms with Crippen LogP contribution in [0.2, 0.25) is 0 Å². The summed E-state index contributed by atoms with van der Waals surface area (Å²) in [4.78, 5) is 19.8. The number of aromatic nitrogens is 1. The van der Waals surface area contributed by atoms with Crippen LogP contribution in [-0.4, -0.2) is 16.9 Å². The van der Waals surface area contributed by atoms with Crippen LogP contribution in [0.4, 0.5) is 11.5 Å². The van der Waals surface area contributed by atoms with Crippen molar-refractivity contribution in [1.82, 2.24) is 4.98 Å². The van der Waals surface area contributed by atoms with E-state index in [1.165, 1.54) is 5.56 Å². The molecule has 4 rings (SSSR count). The molecule has 4 nitrogen and oxygen atoms in total. The summed E-state index contributed by atoms with van der Waals surface area (Å²) < 4.78 is 0. The molecule has 1 atom stereocenters. The molecule has 0 aliphatic rings. The van der Waals surface area contributed by atoms with Gasteiger partial charge in [0, 0.05) is 35.6 Å². The minimum Gasteiger partial charge on any atom is -0.363 e. The fourth-order valence-electron chi connectivity index (χ4n) is 3.81. The van der Waals surface area contributed by atoms with Gasteiger partial charge in [0.25, 0.3) is 5.91 Å². The molecule has 0 unspecified atom stereocenters. The fraction of sp³-hybridized carbons (Fsp3) is 0.185. The first-order valence-corrected chi connectivity index (χ1v) is 10.6. The third-order valence-corrected chi connectivity index (χ3v) is 5.42. The maximum Gasteiger partial charge on any atom is 0.258 e. The summed E-state index contributed by atoms with van der Waals surface area (Å²) in [6.45, 7) is 6.16. The van der Waals surface area contributed by atoms with Crippen LogP contribution >= 0.6 is 0 Å². The largest absolute Gasteiger partial charge is 0.363 e. The van der Waals surface area contributed by atoms with Crippen LogP contribution in [0.1, 0.15) is 42.7 Å². The molecule has 4 aromatic rings. The van der Waals surface area contributed by atoms with Crippen molar-refractivity contribution in [2.24, 2.45) is 0 Å². The van der Waals surface area contributed by atoms with Crippen molar-refractivity contribution in [1.29, 1.82) is 0 Å². The van der Waals surface area contributed by atoms with Crippen molar-refractivity contribution in [3.63, 3.8) is 0 Å². The molecule has 0 saturated carbocycles.